The van der Waals surface area contributed by atoms with Gasteiger partial charge in [-0.2, -0.15) is 0 Å². The summed E-state index contributed by atoms with van der Waals surface area (Å²) >= 11 is 0. The first-order valence-corrected chi connectivity index (χ1v) is 6.70. The zero-order valence-electron chi connectivity index (χ0n) is 12.3. The van der Waals surface area contributed by atoms with Crippen LogP contribution in [0.1, 0.15) is 13.3 Å². The summed E-state index contributed by atoms with van der Waals surface area (Å²) in [5.41, 5.74) is -1.17. The van der Waals surface area contributed by atoms with E-state index in [1.54, 1.807) is 18.2 Å². The second kappa shape index (κ2) is 6.42. The highest BCUT2D eigenvalue weighted by molar-refractivity contribution is 5.90. The topological polar surface area (TPSA) is 134 Å². The number of aliphatic carboxylic acids is 2. The van der Waals surface area contributed by atoms with Gasteiger partial charge in [-0.15, -0.1) is 0 Å². The molecule has 1 heterocycles. The maximum atomic E-state index is 11.8. The number of carbonyl (C=O) groups is 3. The smallest absolute Gasteiger partial charge is 0.319 e. The Kier molecular flexibility index (Phi) is 4.58. The number of rotatable bonds is 6. The van der Waals surface area contributed by atoms with E-state index < -0.39 is 29.8 Å². The Labute approximate surface area is 131 Å². The Balaban J connectivity index is 1.94. The van der Waals surface area contributed by atoms with Crippen LogP contribution in [-0.2, 0) is 9.59 Å². The van der Waals surface area contributed by atoms with Crippen molar-refractivity contribution in [3.05, 3.63) is 18.2 Å². The van der Waals surface area contributed by atoms with Crippen LogP contribution in [0.4, 0.5) is 10.5 Å². The number of anilines is 1. The Morgan fingerprint density at radius 3 is 2.57 bits per heavy atom. The third-order valence-corrected chi connectivity index (χ3v) is 3.33. The molecule has 9 heteroatoms. The third kappa shape index (κ3) is 4.02. The van der Waals surface area contributed by atoms with Crippen LogP contribution in [0.25, 0.3) is 0 Å². The van der Waals surface area contributed by atoms with Crippen LogP contribution in [0.15, 0.2) is 18.2 Å². The number of carboxylic acid groups (broad SMARTS) is 2. The highest BCUT2D eigenvalue weighted by atomic mass is 16.7. The molecule has 0 fully saturated rings. The standard InChI is InChI=1S/C14H16N2O7/c1-14(12(19)20,5-11(17)18)6-15-13(21)16-8-2-3-9-10(4-8)23-7-22-9/h2-4H,5-7H2,1H3,(H,17,18)(H,19,20)(H2,15,16,21). The van der Waals surface area contributed by atoms with Crippen molar-refractivity contribution in [3.63, 3.8) is 0 Å². The number of carboxylic acids is 2. The van der Waals surface area contributed by atoms with Crippen LogP contribution in [0.5, 0.6) is 11.5 Å². The zero-order valence-corrected chi connectivity index (χ0v) is 12.3. The minimum atomic E-state index is -1.60. The van der Waals surface area contributed by atoms with Crippen molar-refractivity contribution in [2.75, 3.05) is 18.7 Å². The monoisotopic (exact) mass is 324 g/mol. The van der Waals surface area contributed by atoms with E-state index in [-0.39, 0.29) is 13.3 Å². The van der Waals surface area contributed by atoms with Crippen LogP contribution in [0.2, 0.25) is 0 Å². The fraction of sp³-hybridized carbons (Fsp3) is 0.357. The summed E-state index contributed by atoms with van der Waals surface area (Å²) in [5, 5.41) is 22.8. The maximum absolute atomic E-state index is 11.8. The lowest BCUT2D eigenvalue weighted by molar-refractivity contribution is -0.154. The van der Waals surface area contributed by atoms with E-state index in [9.17, 15) is 14.4 Å². The largest absolute Gasteiger partial charge is 0.481 e. The molecule has 2 rings (SSSR count). The molecular formula is C14H16N2O7. The van der Waals surface area contributed by atoms with E-state index in [2.05, 4.69) is 10.6 Å². The molecule has 1 aromatic carbocycles. The van der Waals surface area contributed by atoms with Gasteiger partial charge in [0.15, 0.2) is 11.5 Å². The molecule has 23 heavy (non-hydrogen) atoms. The molecule has 0 aromatic heterocycles. The zero-order chi connectivity index (χ0) is 17.0. The van der Waals surface area contributed by atoms with Crippen LogP contribution >= 0.6 is 0 Å². The summed E-state index contributed by atoms with van der Waals surface area (Å²) in [6.45, 7) is 1.03. The molecule has 0 radical (unpaired) electrons. The van der Waals surface area contributed by atoms with Gasteiger partial charge in [0.2, 0.25) is 6.79 Å². The van der Waals surface area contributed by atoms with E-state index >= 15 is 0 Å². The van der Waals surface area contributed by atoms with E-state index in [0.717, 1.165) is 0 Å². The van der Waals surface area contributed by atoms with Crippen LogP contribution in [0.3, 0.4) is 0 Å². The van der Waals surface area contributed by atoms with E-state index in [1.807, 2.05) is 0 Å². The van der Waals surface area contributed by atoms with Crippen molar-refractivity contribution in [2.24, 2.45) is 5.41 Å². The normalized spacial score (nSPS) is 14.7. The van der Waals surface area contributed by atoms with Crippen LogP contribution < -0.4 is 20.1 Å². The fourth-order valence-corrected chi connectivity index (χ4v) is 1.97. The number of amides is 2. The maximum Gasteiger partial charge on any atom is 0.319 e. The lowest BCUT2D eigenvalue weighted by atomic mass is 9.87. The summed E-state index contributed by atoms with van der Waals surface area (Å²) in [5.74, 6) is -1.50. The van der Waals surface area contributed by atoms with Crippen molar-refractivity contribution in [3.8, 4) is 11.5 Å². The predicted molar refractivity (Wildman–Crippen MR) is 77.6 cm³/mol. The Bertz CT molecular complexity index is 646. The number of hydrogen-bond donors (Lipinski definition) is 4. The van der Waals surface area contributed by atoms with Crippen molar-refractivity contribution in [1.29, 1.82) is 0 Å². The number of fused-ring (bicyclic) bond motifs is 1. The predicted octanol–water partition coefficient (Wildman–Crippen LogP) is 1.10. The van der Waals surface area contributed by atoms with Crippen molar-refractivity contribution < 1.29 is 34.1 Å². The second-order valence-electron chi connectivity index (χ2n) is 5.31. The summed E-state index contributed by atoms with van der Waals surface area (Å²) in [6, 6.07) is 4.14. The lowest BCUT2D eigenvalue weighted by Crippen LogP contribution is -2.43. The molecule has 9 nitrogen and oxygen atoms in total. The molecule has 0 spiro atoms. The number of urea groups is 1. The first-order valence-electron chi connectivity index (χ1n) is 6.70. The minimum Gasteiger partial charge on any atom is -0.481 e. The molecule has 0 saturated heterocycles. The van der Waals surface area contributed by atoms with Gasteiger partial charge in [-0.3, -0.25) is 9.59 Å². The Morgan fingerprint density at radius 2 is 1.91 bits per heavy atom. The third-order valence-electron chi connectivity index (χ3n) is 3.33. The number of ether oxygens (including phenoxy) is 2. The van der Waals surface area contributed by atoms with Gasteiger partial charge in [0.05, 0.1) is 11.8 Å². The molecule has 1 aliphatic rings. The van der Waals surface area contributed by atoms with Gasteiger partial charge in [0.25, 0.3) is 0 Å². The first-order chi connectivity index (χ1) is 10.8. The number of nitrogens with one attached hydrogen (secondary N) is 2. The molecular weight excluding hydrogens is 308 g/mol. The van der Waals surface area contributed by atoms with E-state index in [4.69, 9.17) is 19.7 Å². The fourth-order valence-electron chi connectivity index (χ4n) is 1.97. The molecule has 1 aromatic rings. The van der Waals surface area contributed by atoms with Crippen LogP contribution in [0, 0.1) is 5.41 Å². The number of carbonyl (C=O) groups excluding carboxylic acids is 1. The van der Waals surface area contributed by atoms with E-state index in [0.29, 0.717) is 17.2 Å². The van der Waals surface area contributed by atoms with Gasteiger partial charge >= 0.3 is 18.0 Å². The second-order valence-corrected chi connectivity index (χ2v) is 5.31. The first kappa shape index (κ1) is 16.4. The number of hydrogen-bond acceptors (Lipinski definition) is 5. The van der Waals surface area contributed by atoms with Gasteiger partial charge in [0.1, 0.15) is 0 Å². The molecule has 2 amide bonds. The molecule has 1 unspecified atom stereocenters. The van der Waals surface area contributed by atoms with Crippen molar-refractivity contribution in [1.82, 2.24) is 5.32 Å². The Hall–Kier alpha value is -2.97. The molecule has 0 bridgehead atoms. The molecule has 0 saturated carbocycles. The average Bonchev–Trinajstić information content (AvgIpc) is 2.92. The van der Waals surface area contributed by atoms with Gasteiger partial charge in [-0.1, -0.05) is 0 Å². The van der Waals surface area contributed by atoms with Crippen molar-refractivity contribution >= 4 is 23.7 Å². The average molecular weight is 324 g/mol. The summed E-state index contributed by atoms with van der Waals surface area (Å²) < 4.78 is 10.3. The highest BCUT2D eigenvalue weighted by Crippen LogP contribution is 2.34. The van der Waals surface area contributed by atoms with Crippen LogP contribution in [-0.4, -0.2) is 41.5 Å². The number of benzene rings is 1. The Morgan fingerprint density at radius 1 is 1.22 bits per heavy atom. The molecule has 1 atom stereocenters. The minimum absolute atomic E-state index is 0.108. The SMILES string of the molecule is CC(CNC(=O)Nc1ccc2c(c1)OCO2)(CC(=O)O)C(=O)O. The molecule has 124 valence electrons. The lowest BCUT2D eigenvalue weighted by Gasteiger charge is -2.23. The quantitative estimate of drug-likeness (QED) is 0.615. The van der Waals surface area contributed by atoms with E-state index in [1.165, 1.54) is 6.92 Å². The van der Waals surface area contributed by atoms with Gasteiger partial charge in [-0.05, 0) is 19.1 Å². The molecule has 4 N–H and O–H groups in total. The summed E-state index contributed by atoms with van der Waals surface area (Å²) in [6.07, 6.45) is -0.605. The molecule has 0 aliphatic carbocycles. The van der Waals surface area contributed by atoms with Crippen molar-refractivity contribution in [2.45, 2.75) is 13.3 Å². The summed E-state index contributed by atoms with van der Waals surface area (Å²) in [7, 11) is 0. The highest BCUT2D eigenvalue weighted by Gasteiger charge is 2.36. The molecule has 1 aliphatic heterocycles. The summed E-state index contributed by atoms with van der Waals surface area (Å²) in [4.78, 5) is 33.8. The van der Waals surface area contributed by atoms with Gasteiger partial charge < -0.3 is 30.3 Å². The van der Waals surface area contributed by atoms with Gasteiger partial charge in [-0.25, -0.2) is 4.79 Å². The van der Waals surface area contributed by atoms with Gasteiger partial charge in [0, 0.05) is 18.3 Å².